The maximum Gasteiger partial charge on any atom is 0.272 e. The first-order valence-electron chi connectivity index (χ1n) is 17.1. The molecule has 1 atom stereocenters. The average Bonchev–Trinajstić information content (AvgIpc) is 3.50. The number of hydrogen-bond acceptors (Lipinski definition) is 4. The maximum atomic E-state index is 14.0. The Morgan fingerprint density at radius 2 is 1.38 bits per heavy atom. The fourth-order valence-corrected chi connectivity index (χ4v) is 7.68. The van der Waals surface area contributed by atoms with Gasteiger partial charge in [0.05, 0.1) is 0 Å². The lowest BCUT2D eigenvalue weighted by Gasteiger charge is -2.18. The van der Waals surface area contributed by atoms with Crippen LogP contribution < -0.4 is 16.0 Å². The van der Waals surface area contributed by atoms with Crippen LogP contribution in [-0.2, 0) is 16.1 Å². The van der Waals surface area contributed by atoms with E-state index in [2.05, 4.69) is 61.6 Å². The quantitative estimate of drug-likeness (QED) is 0.0901. The number of benzene rings is 6. The first-order chi connectivity index (χ1) is 25.9. The summed E-state index contributed by atoms with van der Waals surface area (Å²) in [6, 6.07) is 47.6. The number of fused-ring (bicyclic) bond motifs is 3. The second kappa shape index (κ2) is 16.2. The molecular formula is C44H35BrN4O3S. The van der Waals surface area contributed by atoms with Gasteiger partial charge < -0.3 is 20.5 Å². The Kier molecular flexibility index (Phi) is 10.8. The number of halogens is 1. The summed E-state index contributed by atoms with van der Waals surface area (Å²) < 4.78 is 3.13. The summed E-state index contributed by atoms with van der Waals surface area (Å²) in [6.07, 6.45) is 1.63. The van der Waals surface area contributed by atoms with Crippen LogP contribution in [0.25, 0.3) is 27.9 Å². The van der Waals surface area contributed by atoms with Gasteiger partial charge in [-0.1, -0.05) is 94.8 Å². The number of aryl methyl sites for hydroxylation is 1. The van der Waals surface area contributed by atoms with Gasteiger partial charge in [-0.05, 0) is 96.9 Å². The zero-order chi connectivity index (χ0) is 36.7. The maximum absolute atomic E-state index is 14.0. The molecule has 0 spiro atoms. The van der Waals surface area contributed by atoms with E-state index in [1.807, 2.05) is 97.1 Å². The highest BCUT2D eigenvalue weighted by Gasteiger charge is 2.23. The smallest absolute Gasteiger partial charge is 0.272 e. The largest absolute Gasteiger partial charge is 0.341 e. The third-order valence-corrected chi connectivity index (χ3v) is 10.5. The highest BCUT2D eigenvalue weighted by molar-refractivity contribution is 9.10. The van der Waals surface area contributed by atoms with Gasteiger partial charge in [-0.25, -0.2) is 0 Å². The molecule has 7 rings (SSSR count). The number of aromatic nitrogens is 1. The van der Waals surface area contributed by atoms with Crippen LogP contribution in [0.15, 0.2) is 167 Å². The van der Waals surface area contributed by atoms with Gasteiger partial charge in [0.2, 0.25) is 5.91 Å². The molecule has 1 heterocycles. The van der Waals surface area contributed by atoms with Crippen molar-refractivity contribution >= 4 is 84.7 Å². The van der Waals surface area contributed by atoms with Gasteiger partial charge in [0, 0.05) is 54.7 Å². The lowest BCUT2D eigenvalue weighted by atomic mass is 10.1. The molecule has 0 aliphatic rings. The number of hydrogen-bond donors (Lipinski definition) is 3. The van der Waals surface area contributed by atoms with Crippen molar-refractivity contribution in [3.05, 3.63) is 179 Å². The number of amides is 3. The Hall–Kier alpha value is -5.90. The van der Waals surface area contributed by atoms with E-state index in [9.17, 15) is 14.4 Å². The van der Waals surface area contributed by atoms with Gasteiger partial charge in [-0.2, -0.15) is 0 Å². The molecule has 0 aliphatic carbocycles. The van der Waals surface area contributed by atoms with E-state index >= 15 is 0 Å². The molecule has 0 radical (unpaired) electrons. The van der Waals surface area contributed by atoms with E-state index in [0.29, 0.717) is 11.3 Å². The second-order valence-corrected chi connectivity index (χ2v) is 14.4. The van der Waals surface area contributed by atoms with Gasteiger partial charge in [0.25, 0.3) is 11.8 Å². The standard InChI is InChI=1S/C44H35BrN4O3S/c1-2-49-39-19-10-9-18-36(39)37-28-34(22-25-40(37)49)47-44(52)41(30-13-5-3-6-14-30)53-35-23-20-33(21-24-35)46-43(51)38(27-29-12-11-17-32(45)26-29)48-42(50)31-15-7-4-8-16-31/h3-28,41H,2H2,1H3,(H,46,51)(H,47,52)(H,48,50)/b38-27-. The van der Waals surface area contributed by atoms with E-state index in [0.717, 1.165) is 49.0 Å². The van der Waals surface area contributed by atoms with Crippen LogP contribution >= 0.6 is 27.7 Å². The van der Waals surface area contributed by atoms with Crippen molar-refractivity contribution < 1.29 is 14.4 Å². The predicted octanol–water partition coefficient (Wildman–Crippen LogP) is 10.5. The molecule has 7 nitrogen and oxygen atoms in total. The van der Waals surface area contributed by atoms with Crippen LogP contribution in [0.3, 0.4) is 0 Å². The van der Waals surface area contributed by atoms with Crippen molar-refractivity contribution in [1.82, 2.24) is 9.88 Å². The molecule has 0 bridgehead atoms. The van der Waals surface area contributed by atoms with E-state index in [-0.39, 0.29) is 11.6 Å². The molecule has 0 aliphatic heterocycles. The molecule has 7 aromatic rings. The first kappa shape index (κ1) is 35.5. The minimum Gasteiger partial charge on any atom is -0.341 e. The summed E-state index contributed by atoms with van der Waals surface area (Å²) in [5.41, 5.74) is 5.69. The SMILES string of the molecule is CCn1c2ccccc2c2cc(NC(=O)C(Sc3ccc(NC(=O)/C(=C/c4cccc(Br)c4)NC(=O)c4ccccc4)cc3)c3ccccc3)ccc21. The molecule has 3 N–H and O–H groups in total. The van der Waals surface area contributed by atoms with Gasteiger partial charge in [-0.15, -0.1) is 11.8 Å². The van der Waals surface area contributed by atoms with Crippen molar-refractivity contribution in [3.8, 4) is 0 Å². The van der Waals surface area contributed by atoms with Gasteiger partial charge in [0.1, 0.15) is 10.9 Å². The number of carbonyl (C=O) groups is 3. The fourth-order valence-electron chi connectivity index (χ4n) is 6.24. The summed E-state index contributed by atoms with van der Waals surface area (Å²) in [5, 5.41) is 10.6. The summed E-state index contributed by atoms with van der Waals surface area (Å²) >= 11 is 4.89. The number of rotatable bonds is 11. The van der Waals surface area contributed by atoms with E-state index in [1.165, 1.54) is 17.3 Å². The zero-order valence-corrected chi connectivity index (χ0v) is 31.2. The fraction of sp³-hybridized carbons (Fsp3) is 0.0682. The molecule has 0 saturated heterocycles. The van der Waals surface area contributed by atoms with Crippen LogP contribution in [-0.4, -0.2) is 22.3 Å². The number of nitrogens with one attached hydrogen (secondary N) is 3. The van der Waals surface area contributed by atoms with Crippen molar-refractivity contribution in [2.45, 2.75) is 23.6 Å². The summed E-state index contributed by atoms with van der Waals surface area (Å²) in [4.78, 5) is 41.5. The Bertz CT molecular complexity index is 2460. The average molecular weight is 780 g/mol. The van der Waals surface area contributed by atoms with Crippen molar-refractivity contribution in [3.63, 3.8) is 0 Å². The normalized spacial score (nSPS) is 12.0. The number of nitrogens with zero attached hydrogens (tertiary/aromatic N) is 1. The monoisotopic (exact) mass is 778 g/mol. The Morgan fingerprint density at radius 3 is 2.11 bits per heavy atom. The summed E-state index contributed by atoms with van der Waals surface area (Å²) in [5.74, 6) is -1.02. The summed E-state index contributed by atoms with van der Waals surface area (Å²) in [6.45, 7) is 2.98. The zero-order valence-electron chi connectivity index (χ0n) is 28.8. The first-order valence-corrected chi connectivity index (χ1v) is 18.8. The van der Waals surface area contributed by atoms with Crippen LogP contribution in [0.1, 0.15) is 33.7 Å². The van der Waals surface area contributed by atoms with Crippen LogP contribution in [0.4, 0.5) is 11.4 Å². The minimum absolute atomic E-state index is 0.0914. The lowest BCUT2D eigenvalue weighted by Crippen LogP contribution is -2.30. The van der Waals surface area contributed by atoms with Crippen molar-refractivity contribution in [1.29, 1.82) is 0 Å². The minimum atomic E-state index is -0.544. The number of carbonyl (C=O) groups excluding carboxylic acids is 3. The Labute approximate surface area is 320 Å². The number of para-hydroxylation sites is 1. The molecule has 1 aromatic heterocycles. The molecule has 0 saturated carbocycles. The molecule has 6 aromatic carbocycles. The van der Waals surface area contributed by atoms with E-state index in [1.54, 1.807) is 42.5 Å². The molecule has 262 valence electrons. The lowest BCUT2D eigenvalue weighted by molar-refractivity contribution is -0.116. The second-order valence-electron chi connectivity index (χ2n) is 12.3. The summed E-state index contributed by atoms with van der Waals surface area (Å²) in [7, 11) is 0. The molecule has 53 heavy (non-hydrogen) atoms. The molecule has 0 fully saturated rings. The topological polar surface area (TPSA) is 92.2 Å². The third kappa shape index (κ3) is 8.27. The van der Waals surface area contributed by atoms with Crippen LogP contribution in [0.5, 0.6) is 0 Å². The van der Waals surface area contributed by atoms with Crippen LogP contribution in [0.2, 0.25) is 0 Å². The molecule has 9 heteroatoms. The van der Waals surface area contributed by atoms with Gasteiger partial charge in [0.15, 0.2) is 0 Å². The molecule has 3 amide bonds. The highest BCUT2D eigenvalue weighted by atomic mass is 79.9. The Morgan fingerprint density at radius 1 is 0.698 bits per heavy atom. The molecule has 1 unspecified atom stereocenters. The Balaban J connectivity index is 1.09. The third-order valence-electron chi connectivity index (χ3n) is 8.75. The highest BCUT2D eigenvalue weighted by Crippen LogP contribution is 2.38. The van der Waals surface area contributed by atoms with Gasteiger partial charge in [-0.3, -0.25) is 14.4 Å². The van der Waals surface area contributed by atoms with Gasteiger partial charge >= 0.3 is 0 Å². The number of anilines is 2. The molecular weight excluding hydrogens is 744 g/mol. The predicted molar refractivity (Wildman–Crippen MR) is 220 cm³/mol. The number of thioether (sulfide) groups is 1. The van der Waals surface area contributed by atoms with Crippen molar-refractivity contribution in [2.24, 2.45) is 0 Å². The van der Waals surface area contributed by atoms with E-state index < -0.39 is 17.1 Å². The van der Waals surface area contributed by atoms with Crippen molar-refractivity contribution in [2.75, 3.05) is 10.6 Å². The van der Waals surface area contributed by atoms with Crippen LogP contribution in [0, 0.1) is 0 Å². The van der Waals surface area contributed by atoms with E-state index in [4.69, 9.17) is 0 Å².